The first-order chi connectivity index (χ1) is 13.6. The molecule has 1 aromatic carbocycles. The van der Waals surface area contributed by atoms with E-state index in [4.69, 9.17) is 4.52 Å². The van der Waals surface area contributed by atoms with Gasteiger partial charge in [-0.25, -0.2) is 4.39 Å². The lowest BCUT2D eigenvalue weighted by molar-refractivity contribution is -0.138. The molecule has 2 aromatic rings. The lowest BCUT2D eigenvalue weighted by Gasteiger charge is -2.37. The summed E-state index contributed by atoms with van der Waals surface area (Å²) in [5, 5.41) is 3.87. The molecule has 3 heterocycles. The van der Waals surface area contributed by atoms with Gasteiger partial charge in [-0.3, -0.25) is 9.69 Å². The highest BCUT2D eigenvalue weighted by Crippen LogP contribution is 2.29. The van der Waals surface area contributed by atoms with Gasteiger partial charge in [-0.1, -0.05) is 17.3 Å². The van der Waals surface area contributed by atoms with Gasteiger partial charge < -0.3 is 9.42 Å². The molecule has 2 aliphatic heterocycles. The van der Waals surface area contributed by atoms with Crippen molar-refractivity contribution in [2.24, 2.45) is 5.92 Å². The molecular formula is C21H27FN4O2. The summed E-state index contributed by atoms with van der Waals surface area (Å²) in [6, 6.07) is 6.73. The van der Waals surface area contributed by atoms with Gasteiger partial charge in [0.05, 0.1) is 5.92 Å². The Morgan fingerprint density at radius 3 is 2.79 bits per heavy atom. The Morgan fingerprint density at radius 2 is 2.07 bits per heavy atom. The van der Waals surface area contributed by atoms with Crippen LogP contribution in [0.3, 0.4) is 0 Å². The molecule has 1 atom stereocenters. The third-order valence-electron chi connectivity index (χ3n) is 5.85. The summed E-state index contributed by atoms with van der Waals surface area (Å²) in [4.78, 5) is 21.6. The number of rotatable bonds is 4. The first-order valence-corrected chi connectivity index (χ1v) is 10.1. The van der Waals surface area contributed by atoms with Crippen molar-refractivity contribution in [1.29, 1.82) is 0 Å². The molecular weight excluding hydrogens is 359 g/mol. The predicted octanol–water partition coefficient (Wildman–Crippen LogP) is 3.14. The van der Waals surface area contributed by atoms with E-state index in [1.54, 1.807) is 12.1 Å². The molecule has 4 rings (SSSR count). The Hall–Kier alpha value is -2.28. The molecule has 2 fully saturated rings. The average molecular weight is 386 g/mol. The maximum absolute atomic E-state index is 13.4. The summed E-state index contributed by atoms with van der Waals surface area (Å²) < 4.78 is 18.7. The van der Waals surface area contributed by atoms with E-state index in [0.717, 1.165) is 57.4 Å². The highest BCUT2D eigenvalue weighted by atomic mass is 19.1. The molecule has 0 spiro atoms. The molecule has 2 aliphatic rings. The number of nitrogens with zero attached hydrogens (tertiary/aromatic N) is 4. The fourth-order valence-corrected chi connectivity index (χ4v) is 4.38. The summed E-state index contributed by atoms with van der Waals surface area (Å²) in [5.41, 5.74) is 0.962. The van der Waals surface area contributed by atoms with E-state index < -0.39 is 0 Å². The summed E-state index contributed by atoms with van der Waals surface area (Å²) in [5.74, 6) is 1.69. The number of carbonyl (C=O) groups is 1. The van der Waals surface area contributed by atoms with Crippen LogP contribution >= 0.6 is 0 Å². The van der Waals surface area contributed by atoms with Gasteiger partial charge in [0.15, 0.2) is 5.82 Å². The smallest absolute Gasteiger partial charge is 0.229 e. The minimum Gasteiger partial charge on any atom is -0.342 e. The minimum absolute atomic E-state index is 0.0320. The third-order valence-corrected chi connectivity index (χ3v) is 5.85. The third kappa shape index (κ3) is 4.41. The zero-order valence-corrected chi connectivity index (χ0v) is 16.3. The Bertz CT molecular complexity index is 816. The standard InChI is InChI=1S/C21H27FN4O2/c1-15-23-20(28-24-15)17-7-10-26(11-8-17)21(27)18-5-3-9-25(14-18)13-16-4-2-6-19(22)12-16/h2,4,6,12,17-18H,3,5,7-11,13-14H2,1H3. The van der Waals surface area contributed by atoms with Crippen molar-refractivity contribution < 1.29 is 13.7 Å². The Balaban J connectivity index is 1.31. The van der Waals surface area contributed by atoms with Crippen molar-refractivity contribution >= 4 is 5.91 Å². The van der Waals surface area contributed by atoms with E-state index in [1.807, 2.05) is 17.9 Å². The Labute approximate surface area is 164 Å². The molecule has 0 saturated carbocycles. The SMILES string of the molecule is Cc1noc(C2CCN(C(=O)C3CCCN(Cc4cccc(F)c4)C3)CC2)n1. The van der Waals surface area contributed by atoms with Crippen LogP contribution in [0.5, 0.6) is 0 Å². The van der Waals surface area contributed by atoms with Crippen LogP contribution in [0.1, 0.15) is 48.9 Å². The van der Waals surface area contributed by atoms with Crippen molar-refractivity contribution in [1.82, 2.24) is 19.9 Å². The van der Waals surface area contributed by atoms with Gasteiger partial charge in [0.25, 0.3) is 0 Å². The van der Waals surface area contributed by atoms with E-state index in [0.29, 0.717) is 18.3 Å². The van der Waals surface area contributed by atoms with E-state index in [1.165, 1.54) is 6.07 Å². The van der Waals surface area contributed by atoms with Crippen LogP contribution in [-0.4, -0.2) is 52.0 Å². The van der Waals surface area contributed by atoms with Crippen molar-refractivity contribution in [2.75, 3.05) is 26.2 Å². The number of hydrogen-bond acceptors (Lipinski definition) is 5. The Morgan fingerprint density at radius 1 is 1.25 bits per heavy atom. The Kier molecular flexibility index (Phi) is 5.71. The molecule has 6 nitrogen and oxygen atoms in total. The largest absolute Gasteiger partial charge is 0.342 e. The number of amides is 1. The number of halogens is 1. The molecule has 0 bridgehead atoms. The molecule has 2 saturated heterocycles. The summed E-state index contributed by atoms with van der Waals surface area (Å²) in [6.07, 6.45) is 3.67. The van der Waals surface area contributed by atoms with Crippen LogP contribution < -0.4 is 0 Å². The van der Waals surface area contributed by atoms with E-state index in [-0.39, 0.29) is 23.6 Å². The average Bonchev–Trinajstić information content (AvgIpc) is 3.14. The second-order valence-corrected chi connectivity index (χ2v) is 7.98. The number of benzene rings is 1. The lowest BCUT2D eigenvalue weighted by Crippen LogP contribution is -2.46. The molecule has 0 aliphatic carbocycles. The molecule has 0 radical (unpaired) electrons. The maximum Gasteiger partial charge on any atom is 0.229 e. The topological polar surface area (TPSA) is 62.5 Å². The fourth-order valence-electron chi connectivity index (χ4n) is 4.38. The van der Waals surface area contributed by atoms with Crippen LogP contribution in [0.15, 0.2) is 28.8 Å². The molecule has 7 heteroatoms. The van der Waals surface area contributed by atoms with Crippen LogP contribution in [-0.2, 0) is 11.3 Å². The fraction of sp³-hybridized carbons (Fsp3) is 0.571. The van der Waals surface area contributed by atoms with Crippen molar-refractivity contribution in [3.63, 3.8) is 0 Å². The number of aryl methyl sites for hydroxylation is 1. The number of likely N-dealkylation sites (tertiary alicyclic amines) is 2. The normalized spacial score (nSPS) is 21.8. The summed E-state index contributed by atoms with van der Waals surface area (Å²) in [7, 11) is 0. The zero-order chi connectivity index (χ0) is 19.5. The first-order valence-electron chi connectivity index (χ1n) is 10.1. The van der Waals surface area contributed by atoms with Gasteiger partial charge in [-0.15, -0.1) is 0 Å². The molecule has 1 unspecified atom stereocenters. The van der Waals surface area contributed by atoms with Crippen LogP contribution in [0, 0.1) is 18.7 Å². The minimum atomic E-state index is -0.207. The van der Waals surface area contributed by atoms with Gasteiger partial charge >= 0.3 is 0 Å². The molecule has 28 heavy (non-hydrogen) atoms. The van der Waals surface area contributed by atoms with Crippen molar-refractivity contribution in [3.8, 4) is 0 Å². The highest BCUT2D eigenvalue weighted by molar-refractivity contribution is 5.79. The van der Waals surface area contributed by atoms with Crippen LogP contribution in [0.4, 0.5) is 4.39 Å². The van der Waals surface area contributed by atoms with Crippen LogP contribution in [0.25, 0.3) is 0 Å². The van der Waals surface area contributed by atoms with Crippen molar-refractivity contribution in [3.05, 3.63) is 47.4 Å². The van der Waals surface area contributed by atoms with E-state index in [9.17, 15) is 9.18 Å². The maximum atomic E-state index is 13.4. The molecule has 150 valence electrons. The second kappa shape index (κ2) is 8.39. The summed E-state index contributed by atoms with van der Waals surface area (Å²) >= 11 is 0. The highest BCUT2D eigenvalue weighted by Gasteiger charge is 2.33. The van der Waals surface area contributed by atoms with E-state index >= 15 is 0 Å². The monoisotopic (exact) mass is 386 g/mol. The van der Waals surface area contributed by atoms with Crippen molar-refractivity contribution in [2.45, 2.75) is 45.1 Å². The van der Waals surface area contributed by atoms with Gasteiger partial charge in [-0.05, 0) is 56.8 Å². The number of carbonyl (C=O) groups excluding carboxylic acids is 1. The zero-order valence-electron chi connectivity index (χ0n) is 16.3. The quantitative estimate of drug-likeness (QED) is 0.808. The first kappa shape index (κ1) is 19.1. The molecule has 1 amide bonds. The number of aromatic nitrogens is 2. The summed E-state index contributed by atoms with van der Waals surface area (Å²) in [6.45, 7) is 5.71. The predicted molar refractivity (Wildman–Crippen MR) is 102 cm³/mol. The number of piperidine rings is 2. The second-order valence-electron chi connectivity index (χ2n) is 7.98. The number of hydrogen-bond donors (Lipinski definition) is 0. The molecule has 0 N–H and O–H groups in total. The van der Waals surface area contributed by atoms with Gasteiger partial charge in [0.2, 0.25) is 11.8 Å². The van der Waals surface area contributed by atoms with Crippen LogP contribution in [0.2, 0.25) is 0 Å². The van der Waals surface area contributed by atoms with Gasteiger partial charge in [0.1, 0.15) is 5.82 Å². The molecule has 1 aromatic heterocycles. The van der Waals surface area contributed by atoms with Gasteiger partial charge in [0, 0.05) is 32.1 Å². The van der Waals surface area contributed by atoms with E-state index in [2.05, 4.69) is 15.0 Å². The lowest BCUT2D eigenvalue weighted by atomic mass is 9.92. The van der Waals surface area contributed by atoms with Gasteiger partial charge in [-0.2, -0.15) is 4.98 Å².